The fraction of sp³-hybridized carbons (Fsp3) is 0.281. The smallest absolute Gasteiger partial charge is 0.408 e. The molecule has 7 heteroatoms. The Hall–Kier alpha value is -4.39. The molecule has 0 unspecified atom stereocenters. The van der Waals surface area contributed by atoms with Crippen molar-refractivity contribution >= 4 is 23.8 Å². The number of ether oxygens (including phenoxy) is 2. The molecule has 2 aromatic heterocycles. The fourth-order valence-corrected chi connectivity index (χ4v) is 4.93. The van der Waals surface area contributed by atoms with Crippen molar-refractivity contribution in [2.75, 3.05) is 7.11 Å². The van der Waals surface area contributed by atoms with Crippen LogP contribution >= 0.6 is 0 Å². The molecule has 0 saturated heterocycles. The van der Waals surface area contributed by atoms with E-state index in [1.807, 2.05) is 57.3 Å². The number of pyridine rings is 1. The Morgan fingerprint density at radius 2 is 1.72 bits per heavy atom. The molecule has 39 heavy (non-hydrogen) atoms. The number of carbonyl (C=O) groups excluding carboxylic acids is 2. The van der Waals surface area contributed by atoms with Gasteiger partial charge < -0.3 is 14.8 Å². The summed E-state index contributed by atoms with van der Waals surface area (Å²) in [6, 6.07) is 22.3. The minimum absolute atomic E-state index is 0.393. The van der Waals surface area contributed by atoms with Gasteiger partial charge in [0.2, 0.25) is 0 Å². The van der Waals surface area contributed by atoms with Crippen LogP contribution < -0.4 is 5.32 Å². The summed E-state index contributed by atoms with van der Waals surface area (Å²) in [5.41, 5.74) is 5.55. The zero-order valence-corrected chi connectivity index (χ0v) is 22.7. The van der Waals surface area contributed by atoms with Crippen LogP contribution in [0.1, 0.15) is 51.2 Å². The van der Waals surface area contributed by atoms with E-state index in [-0.39, 0.29) is 0 Å². The first-order valence-corrected chi connectivity index (χ1v) is 13.1. The number of hydrogen-bond donors (Lipinski definition) is 1. The number of nitrogens with zero attached hydrogens (tertiary/aromatic N) is 2. The van der Waals surface area contributed by atoms with Gasteiger partial charge >= 0.3 is 12.1 Å². The molecular formula is C32H33N3O4. The predicted octanol–water partition coefficient (Wildman–Crippen LogP) is 6.76. The SMILES string of the molecule is COC(=O)/C=C/c1ccn2c(-c3ccccc3)c(-c3ccc(C4(NC(=O)OC(C)(C)C)CCC4)cc3)nc2c1. The highest BCUT2D eigenvalue weighted by Gasteiger charge is 2.41. The van der Waals surface area contributed by atoms with Gasteiger partial charge in [-0.1, -0.05) is 54.6 Å². The average Bonchev–Trinajstić information content (AvgIpc) is 3.28. The average molecular weight is 524 g/mol. The van der Waals surface area contributed by atoms with Crippen molar-refractivity contribution in [1.29, 1.82) is 0 Å². The summed E-state index contributed by atoms with van der Waals surface area (Å²) in [7, 11) is 1.36. The second-order valence-corrected chi connectivity index (χ2v) is 10.9. The van der Waals surface area contributed by atoms with Gasteiger partial charge in [0.1, 0.15) is 11.2 Å². The lowest BCUT2D eigenvalue weighted by Gasteiger charge is -2.43. The molecule has 2 heterocycles. The van der Waals surface area contributed by atoms with E-state index in [1.165, 1.54) is 13.2 Å². The van der Waals surface area contributed by atoms with Crippen LogP contribution in [0.15, 0.2) is 79.0 Å². The van der Waals surface area contributed by atoms with Crippen molar-refractivity contribution < 1.29 is 19.1 Å². The molecular weight excluding hydrogens is 490 g/mol. The van der Waals surface area contributed by atoms with Gasteiger partial charge in [0.05, 0.1) is 24.0 Å². The summed E-state index contributed by atoms with van der Waals surface area (Å²) in [6.45, 7) is 5.60. The molecule has 1 amide bonds. The number of esters is 1. The highest BCUT2D eigenvalue weighted by molar-refractivity contribution is 5.87. The number of alkyl carbamates (subject to hydrolysis) is 1. The van der Waals surface area contributed by atoms with E-state index in [0.29, 0.717) is 0 Å². The first-order valence-electron chi connectivity index (χ1n) is 13.1. The molecule has 1 fully saturated rings. The molecule has 0 atom stereocenters. The van der Waals surface area contributed by atoms with Crippen LogP contribution in [0.2, 0.25) is 0 Å². The number of amides is 1. The van der Waals surface area contributed by atoms with Crippen LogP contribution in [0.4, 0.5) is 4.79 Å². The van der Waals surface area contributed by atoms with Gasteiger partial charge in [0, 0.05) is 23.4 Å². The van der Waals surface area contributed by atoms with E-state index in [9.17, 15) is 9.59 Å². The molecule has 1 N–H and O–H groups in total. The molecule has 1 aliphatic carbocycles. The third-order valence-corrected chi connectivity index (χ3v) is 6.97. The van der Waals surface area contributed by atoms with E-state index in [4.69, 9.17) is 14.5 Å². The zero-order chi connectivity index (χ0) is 27.6. The van der Waals surface area contributed by atoms with E-state index in [0.717, 1.165) is 58.6 Å². The Morgan fingerprint density at radius 1 is 1.00 bits per heavy atom. The molecule has 0 aliphatic heterocycles. The van der Waals surface area contributed by atoms with Crippen LogP contribution in [-0.2, 0) is 19.8 Å². The van der Waals surface area contributed by atoms with Crippen LogP contribution in [0, 0.1) is 0 Å². The number of nitrogens with one attached hydrogen (secondary N) is 1. The number of carbonyl (C=O) groups is 2. The monoisotopic (exact) mass is 523 g/mol. The predicted molar refractivity (Wildman–Crippen MR) is 152 cm³/mol. The number of rotatable bonds is 6. The van der Waals surface area contributed by atoms with Crippen molar-refractivity contribution in [2.24, 2.45) is 0 Å². The van der Waals surface area contributed by atoms with E-state index >= 15 is 0 Å². The van der Waals surface area contributed by atoms with Crippen molar-refractivity contribution in [2.45, 2.75) is 51.2 Å². The first-order chi connectivity index (χ1) is 18.7. The lowest BCUT2D eigenvalue weighted by atomic mass is 9.71. The van der Waals surface area contributed by atoms with Crippen molar-refractivity contribution in [3.05, 3.63) is 90.1 Å². The maximum absolute atomic E-state index is 12.6. The van der Waals surface area contributed by atoms with Crippen molar-refractivity contribution in [3.63, 3.8) is 0 Å². The summed E-state index contributed by atoms with van der Waals surface area (Å²) in [4.78, 5) is 29.1. The molecule has 7 nitrogen and oxygen atoms in total. The maximum Gasteiger partial charge on any atom is 0.408 e. The van der Waals surface area contributed by atoms with Crippen LogP contribution in [0.3, 0.4) is 0 Å². The third-order valence-electron chi connectivity index (χ3n) is 6.97. The molecule has 1 aliphatic rings. The van der Waals surface area contributed by atoms with Gasteiger partial charge in [0.25, 0.3) is 0 Å². The first kappa shape index (κ1) is 26.2. The van der Waals surface area contributed by atoms with Gasteiger partial charge in [0.15, 0.2) is 0 Å². The molecule has 0 radical (unpaired) electrons. The number of fused-ring (bicyclic) bond motifs is 1. The van der Waals surface area contributed by atoms with Gasteiger partial charge in [-0.05, 0) is 69.4 Å². The lowest BCUT2D eigenvalue weighted by Crippen LogP contribution is -2.52. The Labute approximate surface area is 228 Å². The normalized spacial score (nSPS) is 14.7. The summed E-state index contributed by atoms with van der Waals surface area (Å²) in [5.74, 6) is -0.408. The van der Waals surface area contributed by atoms with Crippen molar-refractivity contribution in [3.8, 4) is 22.5 Å². The van der Waals surface area contributed by atoms with Crippen LogP contribution in [0.25, 0.3) is 34.2 Å². The van der Waals surface area contributed by atoms with E-state index < -0.39 is 23.2 Å². The Kier molecular flexibility index (Phi) is 7.00. The van der Waals surface area contributed by atoms with Gasteiger partial charge in [-0.3, -0.25) is 4.40 Å². The number of benzene rings is 2. The van der Waals surface area contributed by atoms with Gasteiger partial charge in [-0.25, -0.2) is 14.6 Å². The number of hydrogen-bond acceptors (Lipinski definition) is 5. The third kappa shape index (κ3) is 5.58. The highest BCUT2D eigenvalue weighted by Crippen LogP contribution is 2.42. The van der Waals surface area contributed by atoms with Crippen molar-refractivity contribution in [1.82, 2.24) is 14.7 Å². The molecule has 2 aromatic carbocycles. The van der Waals surface area contributed by atoms with Crippen LogP contribution in [-0.4, -0.2) is 34.2 Å². The van der Waals surface area contributed by atoms with E-state index in [2.05, 4.69) is 46.1 Å². The number of methoxy groups -OCH3 is 1. The standard InChI is InChI=1S/C32H33N3O4/c1-31(2,3)39-30(37)34-32(18-8-19-32)25-14-12-23(13-15-25)28-29(24-9-6-5-7-10-24)35-20-17-22(21-26(35)33-28)11-16-27(36)38-4/h5-7,9-17,20-21H,8,18-19H2,1-4H3,(H,34,37)/b16-11+. The zero-order valence-electron chi connectivity index (χ0n) is 22.7. The molecule has 4 aromatic rings. The Balaban J connectivity index is 1.52. The Bertz CT molecular complexity index is 1530. The van der Waals surface area contributed by atoms with Crippen LogP contribution in [0.5, 0.6) is 0 Å². The molecule has 200 valence electrons. The quantitative estimate of drug-likeness (QED) is 0.223. The second kappa shape index (κ2) is 10.4. The summed E-state index contributed by atoms with van der Waals surface area (Å²) >= 11 is 0. The molecule has 5 rings (SSSR count). The fourth-order valence-electron chi connectivity index (χ4n) is 4.93. The highest BCUT2D eigenvalue weighted by atomic mass is 16.6. The molecule has 0 bridgehead atoms. The largest absolute Gasteiger partial charge is 0.466 e. The second-order valence-electron chi connectivity index (χ2n) is 10.9. The maximum atomic E-state index is 12.6. The van der Waals surface area contributed by atoms with E-state index in [1.54, 1.807) is 6.08 Å². The number of aromatic nitrogens is 2. The minimum Gasteiger partial charge on any atom is -0.466 e. The summed E-state index contributed by atoms with van der Waals surface area (Å²) in [6.07, 6.45) is 7.48. The Morgan fingerprint density at radius 3 is 2.33 bits per heavy atom. The summed E-state index contributed by atoms with van der Waals surface area (Å²) < 4.78 is 12.3. The topological polar surface area (TPSA) is 81.9 Å². The van der Waals surface area contributed by atoms with Gasteiger partial charge in [-0.15, -0.1) is 0 Å². The summed E-state index contributed by atoms with van der Waals surface area (Å²) in [5, 5.41) is 3.13. The lowest BCUT2D eigenvalue weighted by molar-refractivity contribution is -0.134. The minimum atomic E-state index is -0.551. The number of imidazole rings is 1. The van der Waals surface area contributed by atoms with Gasteiger partial charge in [-0.2, -0.15) is 0 Å². The molecule has 0 spiro atoms. The molecule has 1 saturated carbocycles.